The lowest BCUT2D eigenvalue weighted by molar-refractivity contribution is 0.0499. The summed E-state index contributed by atoms with van der Waals surface area (Å²) in [4.78, 5) is 0. The van der Waals surface area contributed by atoms with Crippen molar-refractivity contribution >= 4 is 11.6 Å². The Labute approximate surface area is 121 Å². The summed E-state index contributed by atoms with van der Waals surface area (Å²) in [6, 6.07) is 5.49. The number of benzene rings is 1. The molecule has 2 heterocycles. The molecule has 0 amide bonds. The van der Waals surface area contributed by atoms with Crippen LogP contribution in [-0.4, -0.2) is 31.5 Å². The van der Waals surface area contributed by atoms with E-state index in [1.807, 2.05) is 0 Å². The lowest BCUT2D eigenvalue weighted by atomic mass is 9.79. The molecule has 0 aliphatic carbocycles. The van der Waals surface area contributed by atoms with Crippen molar-refractivity contribution in [1.82, 2.24) is 0 Å². The minimum atomic E-state index is -0.969. The molecule has 1 N–H and O–H groups in total. The second-order valence-electron chi connectivity index (χ2n) is 5.00. The van der Waals surface area contributed by atoms with Crippen LogP contribution in [0.4, 0.5) is 0 Å². The highest BCUT2D eigenvalue weighted by Crippen LogP contribution is 2.45. The zero-order valence-electron chi connectivity index (χ0n) is 10.8. The number of hydrogen-bond donors (Lipinski definition) is 1. The highest BCUT2D eigenvalue weighted by molar-refractivity contribution is 6.32. The average Bonchev–Trinajstić information content (AvgIpc) is 2.96. The van der Waals surface area contributed by atoms with Gasteiger partial charge in [0.05, 0.1) is 17.7 Å². The molecular weight excluding hydrogens is 282 g/mol. The van der Waals surface area contributed by atoms with E-state index < -0.39 is 11.5 Å². The third kappa shape index (κ3) is 2.10. The maximum absolute atomic E-state index is 10.5. The number of aliphatic hydroxyl groups is 1. The van der Waals surface area contributed by atoms with Crippen molar-refractivity contribution in [3.63, 3.8) is 0 Å². The first-order valence-corrected chi connectivity index (χ1v) is 6.80. The number of hydrogen-bond acceptors (Lipinski definition) is 5. The summed E-state index contributed by atoms with van der Waals surface area (Å²) in [6.07, 6.45) is -0.472. The van der Waals surface area contributed by atoms with Gasteiger partial charge in [0.15, 0.2) is 11.5 Å². The molecule has 6 heteroatoms. The molecular formula is C14H14ClNO4. The average molecular weight is 296 g/mol. The molecule has 2 aliphatic heterocycles. The molecule has 2 unspecified atom stereocenters. The van der Waals surface area contributed by atoms with Gasteiger partial charge < -0.3 is 19.3 Å². The largest absolute Gasteiger partial charge is 0.486 e. The van der Waals surface area contributed by atoms with Crippen LogP contribution in [0.2, 0.25) is 5.02 Å². The standard InChI is InChI=1S/C14H14ClNO4/c15-10-5-9(6-11-12(10)20-4-3-19-11)13(17)14(7-16)1-2-18-8-14/h5-6,13,17H,1-4,8H2. The summed E-state index contributed by atoms with van der Waals surface area (Å²) in [5.74, 6) is 0.993. The van der Waals surface area contributed by atoms with Gasteiger partial charge in [-0.3, -0.25) is 0 Å². The van der Waals surface area contributed by atoms with Crippen LogP contribution in [0.1, 0.15) is 18.1 Å². The highest BCUT2D eigenvalue weighted by Gasteiger charge is 2.43. The van der Waals surface area contributed by atoms with E-state index in [9.17, 15) is 10.4 Å². The van der Waals surface area contributed by atoms with Gasteiger partial charge >= 0.3 is 0 Å². The van der Waals surface area contributed by atoms with Crippen molar-refractivity contribution in [2.45, 2.75) is 12.5 Å². The van der Waals surface area contributed by atoms with E-state index in [0.29, 0.717) is 48.3 Å². The fourth-order valence-electron chi connectivity index (χ4n) is 2.55. The number of nitriles is 1. The minimum Gasteiger partial charge on any atom is -0.486 e. The maximum atomic E-state index is 10.5. The van der Waals surface area contributed by atoms with Gasteiger partial charge in [-0.05, 0) is 24.1 Å². The molecule has 3 rings (SSSR count). The van der Waals surface area contributed by atoms with Crippen LogP contribution in [-0.2, 0) is 4.74 Å². The van der Waals surface area contributed by atoms with Gasteiger partial charge in [0.1, 0.15) is 24.7 Å². The Balaban J connectivity index is 1.98. The Morgan fingerprint density at radius 3 is 2.80 bits per heavy atom. The van der Waals surface area contributed by atoms with Crippen LogP contribution in [0.3, 0.4) is 0 Å². The van der Waals surface area contributed by atoms with Gasteiger partial charge in [-0.1, -0.05) is 11.6 Å². The molecule has 2 aliphatic rings. The SMILES string of the molecule is N#CC1(C(O)c2cc(Cl)c3c(c2)OCCO3)CCOC1. The minimum absolute atomic E-state index is 0.219. The lowest BCUT2D eigenvalue weighted by Gasteiger charge is -2.27. The highest BCUT2D eigenvalue weighted by atomic mass is 35.5. The van der Waals surface area contributed by atoms with E-state index in [1.165, 1.54) is 0 Å². The summed E-state index contributed by atoms with van der Waals surface area (Å²) in [7, 11) is 0. The predicted molar refractivity (Wildman–Crippen MR) is 70.9 cm³/mol. The van der Waals surface area contributed by atoms with Gasteiger partial charge in [-0.2, -0.15) is 5.26 Å². The maximum Gasteiger partial charge on any atom is 0.179 e. The molecule has 0 radical (unpaired) electrons. The first kappa shape index (κ1) is 13.5. The number of aliphatic hydroxyl groups excluding tert-OH is 1. The summed E-state index contributed by atoms with van der Waals surface area (Å²) >= 11 is 6.16. The number of rotatable bonds is 2. The Bertz CT molecular complexity index is 563. The molecule has 1 fully saturated rings. The Morgan fingerprint density at radius 2 is 2.10 bits per heavy atom. The topological polar surface area (TPSA) is 71.7 Å². The Kier molecular flexibility index (Phi) is 3.47. The van der Waals surface area contributed by atoms with Crippen molar-refractivity contribution in [3.8, 4) is 17.6 Å². The summed E-state index contributed by atoms with van der Waals surface area (Å²) < 4.78 is 16.2. The van der Waals surface area contributed by atoms with Gasteiger partial charge in [-0.25, -0.2) is 0 Å². The van der Waals surface area contributed by atoms with Crippen LogP contribution < -0.4 is 9.47 Å². The van der Waals surface area contributed by atoms with Crippen molar-refractivity contribution in [2.24, 2.45) is 5.41 Å². The van der Waals surface area contributed by atoms with E-state index in [1.54, 1.807) is 12.1 Å². The van der Waals surface area contributed by atoms with Crippen LogP contribution in [0.5, 0.6) is 11.5 Å². The van der Waals surface area contributed by atoms with Gasteiger partial charge in [0.25, 0.3) is 0 Å². The molecule has 20 heavy (non-hydrogen) atoms. The van der Waals surface area contributed by atoms with Crippen LogP contribution in [0.15, 0.2) is 12.1 Å². The molecule has 0 saturated carbocycles. The van der Waals surface area contributed by atoms with Crippen LogP contribution >= 0.6 is 11.6 Å². The summed E-state index contributed by atoms with van der Waals surface area (Å²) in [6.45, 7) is 1.58. The summed E-state index contributed by atoms with van der Waals surface area (Å²) in [5.41, 5.74) is -0.376. The number of ether oxygens (including phenoxy) is 3. The molecule has 0 bridgehead atoms. The lowest BCUT2D eigenvalue weighted by Crippen LogP contribution is -2.28. The van der Waals surface area contributed by atoms with Crippen LogP contribution in [0.25, 0.3) is 0 Å². The fraction of sp³-hybridized carbons (Fsp3) is 0.500. The number of halogens is 1. The molecule has 1 aromatic rings. The normalized spacial score (nSPS) is 26.1. The zero-order valence-corrected chi connectivity index (χ0v) is 11.5. The molecule has 0 spiro atoms. The number of nitrogens with zero attached hydrogens (tertiary/aromatic N) is 1. The Hall–Kier alpha value is -1.48. The van der Waals surface area contributed by atoms with Gasteiger partial charge in [0, 0.05) is 6.61 Å². The first-order chi connectivity index (χ1) is 9.66. The fourth-order valence-corrected chi connectivity index (χ4v) is 2.83. The molecule has 2 atom stereocenters. The van der Waals surface area contributed by atoms with Crippen molar-refractivity contribution in [2.75, 3.05) is 26.4 Å². The molecule has 0 aromatic heterocycles. The van der Waals surface area contributed by atoms with Gasteiger partial charge in [0.2, 0.25) is 0 Å². The Morgan fingerprint density at radius 1 is 1.30 bits per heavy atom. The smallest absolute Gasteiger partial charge is 0.179 e. The van der Waals surface area contributed by atoms with Crippen molar-refractivity contribution in [1.29, 1.82) is 5.26 Å². The molecule has 1 aromatic carbocycles. The van der Waals surface area contributed by atoms with E-state index in [2.05, 4.69) is 6.07 Å². The van der Waals surface area contributed by atoms with Crippen molar-refractivity contribution in [3.05, 3.63) is 22.7 Å². The third-order valence-corrected chi connectivity index (χ3v) is 4.01. The van der Waals surface area contributed by atoms with Crippen LogP contribution in [0, 0.1) is 16.7 Å². The second kappa shape index (κ2) is 5.13. The quantitative estimate of drug-likeness (QED) is 0.904. The van der Waals surface area contributed by atoms with E-state index >= 15 is 0 Å². The zero-order chi connectivity index (χ0) is 14.2. The molecule has 5 nitrogen and oxygen atoms in total. The predicted octanol–water partition coefficient (Wildman–Crippen LogP) is 2.07. The molecule has 106 valence electrons. The third-order valence-electron chi connectivity index (χ3n) is 3.73. The monoisotopic (exact) mass is 295 g/mol. The summed E-state index contributed by atoms with van der Waals surface area (Å²) in [5, 5.41) is 20.3. The first-order valence-electron chi connectivity index (χ1n) is 6.42. The van der Waals surface area contributed by atoms with E-state index in [4.69, 9.17) is 25.8 Å². The van der Waals surface area contributed by atoms with Crippen molar-refractivity contribution < 1.29 is 19.3 Å². The van der Waals surface area contributed by atoms with E-state index in [0.717, 1.165) is 0 Å². The van der Waals surface area contributed by atoms with Gasteiger partial charge in [-0.15, -0.1) is 0 Å². The second-order valence-corrected chi connectivity index (χ2v) is 5.41. The number of fused-ring (bicyclic) bond motifs is 1. The molecule has 1 saturated heterocycles. The van der Waals surface area contributed by atoms with E-state index in [-0.39, 0.29) is 6.61 Å².